The van der Waals surface area contributed by atoms with Gasteiger partial charge in [0.1, 0.15) is 0 Å². The van der Waals surface area contributed by atoms with Crippen LogP contribution in [0.3, 0.4) is 0 Å². The van der Waals surface area contributed by atoms with Gasteiger partial charge in [-0.25, -0.2) is 0 Å². The average molecular weight is 312 g/mol. The second-order valence-electron chi connectivity index (χ2n) is 5.88. The Morgan fingerprint density at radius 1 is 1.30 bits per heavy atom. The molecular weight excluding hydrogens is 293 g/mol. The van der Waals surface area contributed by atoms with E-state index in [-0.39, 0.29) is 5.54 Å². The van der Waals surface area contributed by atoms with Crippen LogP contribution in [0.5, 0.6) is 0 Å². The van der Waals surface area contributed by atoms with E-state index in [2.05, 4.69) is 16.8 Å². The molecule has 3 nitrogen and oxygen atoms in total. The highest BCUT2D eigenvalue weighted by molar-refractivity contribution is 6.33. The Morgan fingerprint density at radius 2 is 2.00 bits per heavy atom. The molecular formula is C15H19Cl2N3. The molecule has 1 fully saturated rings. The third-order valence-electron chi connectivity index (χ3n) is 4.53. The minimum atomic E-state index is -0.291. The number of nitrogens with zero attached hydrogens (tertiary/aromatic N) is 2. The molecule has 5 heteroatoms. The van der Waals surface area contributed by atoms with E-state index >= 15 is 0 Å². The van der Waals surface area contributed by atoms with Crippen molar-refractivity contribution in [3.05, 3.63) is 33.8 Å². The predicted molar refractivity (Wildman–Crippen MR) is 84.4 cm³/mol. The zero-order valence-electron chi connectivity index (χ0n) is 11.6. The summed E-state index contributed by atoms with van der Waals surface area (Å²) in [5.74, 6) is 0.635. The molecule has 1 atom stereocenters. The van der Waals surface area contributed by atoms with E-state index in [0.29, 0.717) is 23.6 Å². The summed E-state index contributed by atoms with van der Waals surface area (Å²) < 4.78 is 0. The zero-order chi connectivity index (χ0) is 14.3. The number of guanidine groups is 1. The first-order valence-electron chi connectivity index (χ1n) is 7.07. The molecule has 108 valence electrons. The quantitative estimate of drug-likeness (QED) is 0.903. The van der Waals surface area contributed by atoms with E-state index in [1.807, 2.05) is 18.2 Å². The summed E-state index contributed by atoms with van der Waals surface area (Å²) >= 11 is 12.6. The Labute approximate surface area is 129 Å². The van der Waals surface area contributed by atoms with Crippen LogP contribution in [0.4, 0.5) is 0 Å². The van der Waals surface area contributed by atoms with E-state index < -0.39 is 0 Å². The topological polar surface area (TPSA) is 41.6 Å². The first-order valence-corrected chi connectivity index (χ1v) is 7.83. The summed E-state index contributed by atoms with van der Waals surface area (Å²) in [4.78, 5) is 6.74. The van der Waals surface area contributed by atoms with E-state index in [9.17, 15) is 0 Å². The number of rotatable bonds is 2. The molecule has 1 heterocycles. The molecule has 2 N–H and O–H groups in total. The third kappa shape index (κ3) is 2.17. The Balaban J connectivity index is 2.03. The van der Waals surface area contributed by atoms with Gasteiger partial charge in [0, 0.05) is 16.1 Å². The van der Waals surface area contributed by atoms with Crippen LogP contribution in [0.2, 0.25) is 10.0 Å². The third-order valence-corrected chi connectivity index (χ3v) is 5.09. The standard InChI is InChI=1S/C15H19Cl2N3/c1-15(12-8-10(16)6-7-13(12)17)9-19-14(18)20(15)11-4-2-3-5-11/h6-8,11H,2-5,9H2,1H3,(H2,18,19). The number of hydrogen-bond donors (Lipinski definition) is 1. The van der Waals surface area contributed by atoms with Crippen LogP contribution in [0.1, 0.15) is 38.2 Å². The van der Waals surface area contributed by atoms with Crippen molar-refractivity contribution in [1.82, 2.24) is 4.90 Å². The van der Waals surface area contributed by atoms with Crippen LogP contribution in [0.15, 0.2) is 23.2 Å². The molecule has 0 amide bonds. The summed E-state index contributed by atoms with van der Waals surface area (Å²) in [5.41, 5.74) is 6.89. The Morgan fingerprint density at radius 3 is 2.70 bits per heavy atom. The number of benzene rings is 1. The SMILES string of the molecule is CC1(c2cc(Cl)ccc2Cl)CN=C(N)N1C1CCCC1. The van der Waals surface area contributed by atoms with Crippen molar-refractivity contribution in [1.29, 1.82) is 0 Å². The Kier molecular flexibility index (Phi) is 3.59. The number of nitrogens with two attached hydrogens (primary N) is 1. The van der Waals surface area contributed by atoms with Crippen molar-refractivity contribution in [2.45, 2.75) is 44.2 Å². The van der Waals surface area contributed by atoms with Gasteiger partial charge in [0.25, 0.3) is 0 Å². The van der Waals surface area contributed by atoms with Crippen molar-refractivity contribution in [2.75, 3.05) is 6.54 Å². The lowest BCUT2D eigenvalue weighted by molar-refractivity contribution is 0.167. The number of aliphatic imine (C=N–C) groups is 1. The molecule has 2 aliphatic rings. The number of halogens is 2. The first kappa shape index (κ1) is 14.0. The zero-order valence-corrected chi connectivity index (χ0v) is 13.1. The lowest BCUT2D eigenvalue weighted by Crippen LogP contribution is -2.52. The van der Waals surface area contributed by atoms with Gasteiger partial charge in [-0.2, -0.15) is 0 Å². The highest BCUT2D eigenvalue weighted by atomic mass is 35.5. The van der Waals surface area contributed by atoms with Gasteiger partial charge in [0.05, 0.1) is 12.1 Å². The maximum Gasteiger partial charge on any atom is 0.192 e. The largest absolute Gasteiger partial charge is 0.370 e. The molecule has 0 spiro atoms. The molecule has 1 aliphatic heterocycles. The maximum atomic E-state index is 6.41. The van der Waals surface area contributed by atoms with Gasteiger partial charge in [-0.15, -0.1) is 0 Å². The fourth-order valence-corrected chi connectivity index (χ4v) is 4.01. The molecule has 3 rings (SSSR count). The van der Waals surface area contributed by atoms with Gasteiger partial charge in [-0.05, 0) is 43.5 Å². The molecule has 20 heavy (non-hydrogen) atoms. The van der Waals surface area contributed by atoms with E-state index in [0.717, 1.165) is 10.6 Å². The molecule has 1 aromatic rings. The van der Waals surface area contributed by atoms with Crippen molar-refractivity contribution in [3.8, 4) is 0 Å². The summed E-state index contributed by atoms with van der Waals surface area (Å²) in [5, 5.41) is 1.42. The van der Waals surface area contributed by atoms with Crippen molar-refractivity contribution >= 4 is 29.2 Å². The maximum absolute atomic E-state index is 6.41. The van der Waals surface area contributed by atoms with Crippen molar-refractivity contribution < 1.29 is 0 Å². The van der Waals surface area contributed by atoms with E-state index in [1.165, 1.54) is 25.7 Å². The van der Waals surface area contributed by atoms with Crippen LogP contribution in [0.25, 0.3) is 0 Å². The van der Waals surface area contributed by atoms with Gasteiger partial charge >= 0.3 is 0 Å². The Bertz CT molecular complexity index is 552. The number of hydrogen-bond acceptors (Lipinski definition) is 3. The van der Waals surface area contributed by atoms with Crippen LogP contribution < -0.4 is 5.73 Å². The lowest BCUT2D eigenvalue weighted by atomic mass is 9.89. The monoisotopic (exact) mass is 311 g/mol. The van der Waals surface area contributed by atoms with Crippen LogP contribution >= 0.6 is 23.2 Å². The second-order valence-corrected chi connectivity index (χ2v) is 6.72. The normalized spacial score (nSPS) is 27.1. The van der Waals surface area contributed by atoms with Crippen LogP contribution in [-0.4, -0.2) is 23.4 Å². The fourth-order valence-electron chi connectivity index (χ4n) is 3.52. The molecule has 0 radical (unpaired) electrons. The summed E-state index contributed by atoms with van der Waals surface area (Å²) in [6.45, 7) is 2.79. The molecule has 1 aromatic carbocycles. The van der Waals surface area contributed by atoms with E-state index in [4.69, 9.17) is 28.9 Å². The average Bonchev–Trinajstić information content (AvgIpc) is 3.01. The van der Waals surface area contributed by atoms with Crippen molar-refractivity contribution in [2.24, 2.45) is 10.7 Å². The van der Waals surface area contributed by atoms with E-state index in [1.54, 1.807) is 0 Å². The van der Waals surface area contributed by atoms with Crippen molar-refractivity contribution in [3.63, 3.8) is 0 Å². The smallest absolute Gasteiger partial charge is 0.192 e. The van der Waals surface area contributed by atoms with Gasteiger partial charge in [-0.3, -0.25) is 4.99 Å². The minimum Gasteiger partial charge on any atom is -0.370 e. The molecule has 1 unspecified atom stereocenters. The molecule has 1 saturated carbocycles. The summed E-state index contributed by atoms with van der Waals surface area (Å²) in [6.07, 6.45) is 4.86. The van der Waals surface area contributed by atoms with Gasteiger partial charge in [0.15, 0.2) is 5.96 Å². The molecule has 1 aliphatic carbocycles. The summed E-state index contributed by atoms with van der Waals surface area (Å²) in [7, 11) is 0. The molecule has 0 saturated heterocycles. The first-order chi connectivity index (χ1) is 9.52. The lowest BCUT2D eigenvalue weighted by Gasteiger charge is -2.41. The highest BCUT2D eigenvalue weighted by Gasteiger charge is 2.44. The van der Waals surface area contributed by atoms with Gasteiger partial charge in [-0.1, -0.05) is 36.0 Å². The molecule has 0 aromatic heterocycles. The fraction of sp³-hybridized carbons (Fsp3) is 0.533. The minimum absolute atomic E-state index is 0.291. The van der Waals surface area contributed by atoms with Gasteiger partial charge < -0.3 is 10.6 Å². The van der Waals surface area contributed by atoms with Crippen LogP contribution in [-0.2, 0) is 5.54 Å². The van der Waals surface area contributed by atoms with Gasteiger partial charge in [0.2, 0.25) is 0 Å². The predicted octanol–water partition coefficient (Wildman–Crippen LogP) is 3.78. The molecule has 0 bridgehead atoms. The second kappa shape index (κ2) is 5.12. The Hall–Kier alpha value is -0.930. The van der Waals surface area contributed by atoms with Crippen LogP contribution in [0, 0.1) is 0 Å². The summed E-state index contributed by atoms with van der Waals surface area (Å²) in [6, 6.07) is 6.07. The highest BCUT2D eigenvalue weighted by Crippen LogP contribution is 2.41.